The van der Waals surface area contributed by atoms with Crippen molar-refractivity contribution in [3.63, 3.8) is 0 Å². The molecule has 0 aliphatic heterocycles. The molecular weight excluding hydrogens is 403 g/mol. The van der Waals surface area contributed by atoms with Gasteiger partial charge in [-0.05, 0) is 13.3 Å². The van der Waals surface area contributed by atoms with Crippen molar-refractivity contribution in [1.82, 2.24) is 0 Å². The smallest absolute Gasteiger partial charge is 0.376 e. The van der Waals surface area contributed by atoms with Crippen molar-refractivity contribution in [3.8, 4) is 0 Å². The summed E-state index contributed by atoms with van der Waals surface area (Å²) in [6, 6.07) is 0. The molecule has 0 heterocycles. The Kier molecular flexibility index (Phi) is 22.3. The molecule has 0 spiro atoms. The first kappa shape index (κ1) is 30.0. The van der Waals surface area contributed by atoms with Crippen molar-refractivity contribution in [3.05, 3.63) is 0 Å². The molecule has 1 atom stereocenters. The second kappa shape index (κ2) is 22.2. The largest absolute Gasteiger partial charge is 0.469 e. The van der Waals surface area contributed by atoms with Gasteiger partial charge in [0.15, 0.2) is 0 Å². The molecule has 0 aromatic rings. The lowest BCUT2D eigenvalue weighted by Gasteiger charge is -2.13. The van der Waals surface area contributed by atoms with Crippen LogP contribution in [-0.2, 0) is 18.6 Å². The summed E-state index contributed by atoms with van der Waals surface area (Å²) in [6.45, 7) is 5.39. The van der Waals surface area contributed by atoms with Gasteiger partial charge in [0, 0.05) is 6.61 Å². The topological polar surface area (TPSA) is 85.2 Å². The van der Waals surface area contributed by atoms with Crippen LogP contribution in [0, 0.1) is 0 Å². The molecule has 0 saturated carbocycles. The Morgan fingerprint density at radius 3 is 1.53 bits per heavy atom. The van der Waals surface area contributed by atoms with Gasteiger partial charge < -0.3 is 19.3 Å². The van der Waals surface area contributed by atoms with E-state index in [-0.39, 0.29) is 19.3 Å². The van der Waals surface area contributed by atoms with E-state index in [0.717, 1.165) is 13.0 Å². The molecule has 0 aromatic heterocycles. The number of phosphoric ester groups is 1. The molecule has 1 unspecified atom stereocenters. The molecule has 0 bridgehead atoms. The number of unbranched alkanes of at least 4 members (excludes halogenated alkanes) is 15. The lowest BCUT2D eigenvalue weighted by atomic mass is 10.0. The van der Waals surface area contributed by atoms with Crippen LogP contribution < -0.4 is 0 Å². The standard InChI is InChI=1S/C23H49O6P/c1-3-4-5-6-7-8-9-10-11-12-13-14-15-16-17-18-19-28-23(2)22-27-20-21-29-30(24,25)26/h23H,3-22H2,1-2H3,(H2,24,25,26). The van der Waals surface area contributed by atoms with E-state index in [1.807, 2.05) is 6.92 Å². The fraction of sp³-hybridized carbons (Fsp3) is 1.00. The maximum atomic E-state index is 10.5. The van der Waals surface area contributed by atoms with Crippen LogP contribution in [-0.4, -0.2) is 42.3 Å². The third-order valence-electron chi connectivity index (χ3n) is 5.24. The Hall–Kier alpha value is 0.0300. The van der Waals surface area contributed by atoms with Crippen molar-refractivity contribution in [2.75, 3.05) is 26.4 Å². The van der Waals surface area contributed by atoms with E-state index in [9.17, 15) is 4.57 Å². The molecule has 0 aliphatic carbocycles. The monoisotopic (exact) mass is 452 g/mol. The highest BCUT2D eigenvalue weighted by atomic mass is 31.2. The average molecular weight is 453 g/mol. The molecule has 2 N–H and O–H groups in total. The summed E-state index contributed by atoms with van der Waals surface area (Å²) in [6.07, 6.45) is 21.7. The molecule has 7 heteroatoms. The van der Waals surface area contributed by atoms with Gasteiger partial charge >= 0.3 is 7.82 Å². The third kappa shape index (κ3) is 26.1. The van der Waals surface area contributed by atoms with Gasteiger partial charge in [-0.3, -0.25) is 4.52 Å². The number of rotatable bonds is 24. The summed E-state index contributed by atoms with van der Waals surface area (Å²) < 4.78 is 25.8. The van der Waals surface area contributed by atoms with Gasteiger partial charge in [-0.25, -0.2) is 4.57 Å². The van der Waals surface area contributed by atoms with E-state index < -0.39 is 7.82 Å². The number of hydrogen-bond donors (Lipinski definition) is 2. The molecule has 0 saturated heterocycles. The van der Waals surface area contributed by atoms with Crippen LogP contribution in [0.25, 0.3) is 0 Å². The van der Waals surface area contributed by atoms with Crippen LogP contribution in [0.1, 0.15) is 117 Å². The minimum atomic E-state index is -4.39. The van der Waals surface area contributed by atoms with Crippen molar-refractivity contribution >= 4 is 7.82 Å². The maximum absolute atomic E-state index is 10.5. The Morgan fingerprint density at radius 2 is 1.10 bits per heavy atom. The second-order valence-corrected chi connectivity index (χ2v) is 9.62. The predicted octanol–water partition coefficient (Wildman–Crippen LogP) is 6.78. The molecule has 0 radical (unpaired) electrons. The van der Waals surface area contributed by atoms with Crippen LogP contribution in [0.3, 0.4) is 0 Å². The maximum Gasteiger partial charge on any atom is 0.469 e. The molecule has 0 fully saturated rings. The first-order valence-corrected chi connectivity index (χ1v) is 13.9. The van der Waals surface area contributed by atoms with Crippen molar-refractivity contribution in [2.45, 2.75) is 123 Å². The van der Waals surface area contributed by atoms with Crippen LogP contribution in [0.4, 0.5) is 0 Å². The van der Waals surface area contributed by atoms with Crippen molar-refractivity contribution in [1.29, 1.82) is 0 Å². The number of hydrogen-bond acceptors (Lipinski definition) is 4. The van der Waals surface area contributed by atoms with E-state index in [4.69, 9.17) is 19.3 Å². The summed E-state index contributed by atoms with van der Waals surface area (Å²) >= 11 is 0. The minimum Gasteiger partial charge on any atom is -0.376 e. The van der Waals surface area contributed by atoms with E-state index in [1.54, 1.807) is 0 Å². The molecule has 0 amide bonds. The van der Waals surface area contributed by atoms with Gasteiger partial charge in [-0.1, -0.05) is 103 Å². The Balaban J connectivity index is 3.16. The zero-order valence-corrected chi connectivity index (χ0v) is 20.6. The van der Waals surface area contributed by atoms with Crippen LogP contribution in [0.2, 0.25) is 0 Å². The zero-order chi connectivity index (χ0) is 22.3. The van der Waals surface area contributed by atoms with Crippen molar-refractivity contribution in [2.24, 2.45) is 0 Å². The van der Waals surface area contributed by atoms with E-state index in [1.165, 1.54) is 96.3 Å². The molecule has 0 aliphatic rings. The quantitative estimate of drug-likeness (QED) is 0.124. The average Bonchev–Trinajstić information content (AvgIpc) is 2.69. The fourth-order valence-corrected chi connectivity index (χ4v) is 3.76. The number of phosphoric acid groups is 1. The summed E-state index contributed by atoms with van der Waals surface area (Å²) in [7, 11) is -4.39. The van der Waals surface area contributed by atoms with Gasteiger partial charge in [0.05, 0.1) is 25.9 Å². The molecule has 6 nitrogen and oxygen atoms in total. The highest BCUT2D eigenvalue weighted by Gasteiger charge is 2.12. The SMILES string of the molecule is CCCCCCCCCCCCCCCCCCOC(C)COCCOP(=O)(O)O. The summed E-state index contributed by atoms with van der Waals surface area (Å²) in [5.74, 6) is 0. The summed E-state index contributed by atoms with van der Waals surface area (Å²) in [4.78, 5) is 17.1. The first-order valence-electron chi connectivity index (χ1n) is 12.3. The fourth-order valence-electron chi connectivity index (χ4n) is 3.45. The Morgan fingerprint density at radius 1 is 0.667 bits per heavy atom. The lowest BCUT2D eigenvalue weighted by molar-refractivity contribution is -0.0155. The second-order valence-electron chi connectivity index (χ2n) is 8.38. The molecule has 30 heavy (non-hydrogen) atoms. The molecule has 0 aromatic carbocycles. The number of ether oxygens (including phenoxy) is 2. The van der Waals surface area contributed by atoms with Crippen LogP contribution in [0.5, 0.6) is 0 Å². The Bertz CT molecular complexity index is 388. The molecule has 182 valence electrons. The van der Waals surface area contributed by atoms with E-state index in [2.05, 4.69) is 11.4 Å². The van der Waals surface area contributed by atoms with Crippen LogP contribution >= 0.6 is 7.82 Å². The predicted molar refractivity (Wildman–Crippen MR) is 124 cm³/mol. The van der Waals surface area contributed by atoms with E-state index in [0.29, 0.717) is 6.61 Å². The van der Waals surface area contributed by atoms with Gasteiger partial charge in [0.2, 0.25) is 0 Å². The summed E-state index contributed by atoms with van der Waals surface area (Å²) in [5, 5.41) is 0. The zero-order valence-electron chi connectivity index (χ0n) is 19.7. The van der Waals surface area contributed by atoms with Gasteiger partial charge in [0.1, 0.15) is 0 Å². The van der Waals surface area contributed by atoms with Crippen LogP contribution in [0.15, 0.2) is 0 Å². The summed E-state index contributed by atoms with van der Waals surface area (Å²) in [5.41, 5.74) is 0. The lowest BCUT2D eigenvalue weighted by Crippen LogP contribution is -2.18. The Labute approximate surface area is 185 Å². The van der Waals surface area contributed by atoms with Gasteiger partial charge in [-0.2, -0.15) is 0 Å². The van der Waals surface area contributed by atoms with E-state index >= 15 is 0 Å². The molecular formula is C23H49O6P. The van der Waals surface area contributed by atoms with Gasteiger partial charge in [0.25, 0.3) is 0 Å². The third-order valence-corrected chi connectivity index (χ3v) is 5.76. The molecule has 0 rings (SSSR count). The highest BCUT2D eigenvalue weighted by molar-refractivity contribution is 7.46. The van der Waals surface area contributed by atoms with Gasteiger partial charge in [-0.15, -0.1) is 0 Å². The normalized spacial score (nSPS) is 13.1. The van der Waals surface area contributed by atoms with Crippen molar-refractivity contribution < 1.29 is 28.3 Å². The minimum absolute atomic E-state index is 0.0172. The first-order chi connectivity index (χ1) is 14.5. The highest BCUT2D eigenvalue weighted by Crippen LogP contribution is 2.35.